The summed E-state index contributed by atoms with van der Waals surface area (Å²) < 4.78 is 5.33. The second kappa shape index (κ2) is 7.77. The van der Waals surface area contributed by atoms with E-state index in [1.165, 1.54) is 4.90 Å². The molecule has 0 spiro atoms. The molecule has 2 atom stereocenters. The van der Waals surface area contributed by atoms with Crippen molar-refractivity contribution >= 4 is 49.8 Å². The molecule has 1 heterocycles. The van der Waals surface area contributed by atoms with E-state index in [1.54, 1.807) is 27.8 Å². The largest absolute Gasteiger partial charge is 0.458 e. The molecule has 0 aliphatic carbocycles. The van der Waals surface area contributed by atoms with Gasteiger partial charge in [0.2, 0.25) is 5.91 Å². The Morgan fingerprint density at radius 1 is 1.41 bits per heavy atom. The van der Waals surface area contributed by atoms with Gasteiger partial charge in [-0.05, 0) is 33.6 Å². The molecule has 22 heavy (non-hydrogen) atoms. The van der Waals surface area contributed by atoms with Crippen molar-refractivity contribution < 1.29 is 19.1 Å². The van der Waals surface area contributed by atoms with Crippen LogP contribution >= 0.6 is 31.9 Å². The maximum Gasteiger partial charge on any atom is 0.331 e. The number of likely N-dealkylation sites (N-methyl/N-ethyl adjacent to an activating group) is 1. The molecule has 1 aliphatic rings. The van der Waals surface area contributed by atoms with Gasteiger partial charge in [0.15, 0.2) is 6.04 Å². The Balaban J connectivity index is 2.89. The Morgan fingerprint density at radius 3 is 2.50 bits per heavy atom. The fourth-order valence-corrected chi connectivity index (χ4v) is 2.93. The number of esters is 1. The highest BCUT2D eigenvalue weighted by Gasteiger charge is 2.46. The van der Waals surface area contributed by atoms with Gasteiger partial charge in [-0.2, -0.15) is 0 Å². The number of imide groups is 1. The van der Waals surface area contributed by atoms with E-state index in [4.69, 9.17) is 4.74 Å². The van der Waals surface area contributed by atoms with Gasteiger partial charge in [-0.3, -0.25) is 4.79 Å². The fourth-order valence-electron chi connectivity index (χ4n) is 2.06. The number of rotatable bonds is 5. The van der Waals surface area contributed by atoms with Crippen molar-refractivity contribution in [3.8, 4) is 0 Å². The first kappa shape index (κ1) is 19.4. The third kappa shape index (κ3) is 4.94. The lowest BCUT2D eigenvalue weighted by Crippen LogP contribution is -2.48. The van der Waals surface area contributed by atoms with Crippen LogP contribution in [0.25, 0.3) is 0 Å². The number of carbonyl (C=O) groups excluding carboxylic acids is 3. The number of amides is 3. The summed E-state index contributed by atoms with van der Waals surface area (Å²) in [7, 11) is 1.56. The van der Waals surface area contributed by atoms with Crippen LogP contribution in [0.2, 0.25) is 0 Å². The topological polar surface area (TPSA) is 66.9 Å². The van der Waals surface area contributed by atoms with E-state index in [-0.39, 0.29) is 6.54 Å². The number of hydrogen-bond donors (Lipinski definition) is 0. The summed E-state index contributed by atoms with van der Waals surface area (Å²) in [5.74, 6) is -0.954. The summed E-state index contributed by atoms with van der Waals surface area (Å²) in [6.07, 6.45) is 1.37. The van der Waals surface area contributed by atoms with Gasteiger partial charge in [0.25, 0.3) is 0 Å². The van der Waals surface area contributed by atoms with Crippen molar-refractivity contribution in [1.82, 2.24) is 9.80 Å². The van der Waals surface area contributed by atoms with E-state index in [0.29, 0.717) is 6.42 Å². The van der Waals surface area contributed by atoms with Crippen molar-refractivity contribution in [3.05, 3.63) is 0 Å². The van der Waals surface area contributed by atoms with Crippen LogP contribution in [0.1, 0.15) is 33.6 Å². The molecule has 0 N–H and O–H groups in total. The van der Waals surface area contributed by atoms with Crippen molar-refractivity contribution in [1.29, 1.82) is 0 Å². The molecule has 8 heteroatoms. The zero-order valence-corrected chi connectivity index (χ0v) is 16.4. The molecule has 1 unspecified atom stereocenters. The average Bonchev–Trinajstić information content (AvgIpc) is 2.69. The minimum absolute atomic E-state index is 0.150. The molecule has 0 aromatic carbocycles. The molecule has 0 aromatic heterocycles. The SMILES string of the molecule is CN1C[C@@H](C(=O)OC(C)(C)C)N(C(=O)C(Br)CCCBr)C1=O. The van der Waals surface area contributed by atoms with Crippen LogP contribution < -0.4 is 0 Å². The summed E-state index contributed by atoms with van der Waals surface area (Å²) in [6, 6.07) is -1.36. The van der Waals surface area contributed by atoms with Crippen molar-refractivity contribution in [2.45, 2.75) is 50.1 Å². The van der Waals surface area contributed by atoms with Gasteiger partial charge in [0, 0.05) is 12.4 Å². The number of hydrogen-bond acceptors (Lipinski definition) is 4. The highest BCUT2D eigenvalue weighted by molar-refractivity contribution is 9.10. The van der Waals surface area contributed by atoms with Crippen LogP contribution in [0.5, 0.6) is 0 Å². The van der Waals surface area contributed by atoms with Gasteiger partial charge in [-0.1, -0.05) is 31.9 Å². The van der Waals surface area contributed by atoms with Gasteiger partial charge >= 0.3 is 12.0 Å². The van der Waals surface area contributed by atoms with Gasteiger partial charge in [0.05, 0.1) is 11.4 Å². The second-order valence-corrected chi connectivity index (χ2v) is 8.12. The van der Waals surface area contributed by atoms with Crippen LogP contribution in [0.15, 0.2) is 0 Å². The quantitative estimate of drug-likeness (QED) is 0.485. The molecule has 0 radical (unpaired) electrons. The Bertz CT molecular complexity index is 451. The first-order valence-electron chi connectivity index (χ1n) is 7.09. The van der Waals surface area contributed by atoms with Gasteiger partial charge in [-0.15, -0.1) is 0 Å². The van der Waals surface area contributed by atoms with E-state index in [9.17, 15) is 14.4 Å². The Morgan fingerprint density at radius 2 is 2.00 bits per heavy atom. The van der Waals surface area contributed by atoms with Gasteiger partial charge in [0.1, 0.15) is 5.60 Å². The highest BCUT2D eigenvalue weighted by atomic mass is 79.9. The molecular weight excluding hydrogens is 420 g/mol. The van der Waals surface area contributed by atoms with E-state index in [0.717, 1.165) is 16.7 Å². The predicted molar refractivity (Wildman–Crippen MR) is 90.2 cm³/mol. The number of alkyl halides is 2. The predicted octanol–water partition coefficient (Wildman–Crippen LogP) is 2.53. The first-order valence-corrected chi connectivity index (χ1v) is 9.13. The molecule has 3 amide bonds. The first-order chi connectivity index (χ1) is 10.1. The number of carbonyl (C=O) groups is 3. The van der Waals surface area contributed by atoms with Gasteiger partial charge in [-0.25, -0.2) is 14.5 Å². The minimum Gasteiger partial charge on any atom is -0.458 e. The molecule has 1 aliphatic heterocycles. The molecule has 1 saturated heterocycles. The number of ether oxygens (including phenoxy) is 1. The van der Waals surface area contributed by atoms with E-state index in [2.05, 4.69) is 31.9 Å². The lowest BCUT2D eigenvalue weighted by atomic mass is 10.1. The third-order valence-electron chi connectivity index (χ3n) is 3.07. The van der Waals surface area contributed by atoms with Crippen LogP contribution in [-0.2, 0) is 14.3 Å². The summed E-state index contributed by atoms with van der Waals surface area (Å²) >= 11 is 6.61. The Hall–Kier alpha value is -0.630. The zero-order chi connectivity index (χ0) is 17.1. The van der Waals surface area contributed by atoms with Crippen LogP contribution in [0, 0.1) is 0 Å². The van der Waals surface area contributed by atoms with Crippen LogP contribution in [0.3, 0.4) is 0 Å². The Kier molecular flexibility index (Phi) is 6.85. The number of urea groups is 1. The fraction of sp³-hybridized carbons (Fsp3) is 0.786. The molecule has 1 rings (SSSR count). The number of nitrogens with zero attached hydrogens (tertiary/aromatic N) is 2. The molecule has 126 valence electrons. The van der Waals surface area contributed by atoms with Crippen LogP contribution in [-0.4, -0.2) is 63.1 Å². The zero-order valence-electron chi connectivity index (χ0n) is 13.3. The monoisotopic (exact) mass is 440 g/mol. The lowest BCUT2D eigenvalue weighted by molar-refractivity contribution is -0.161. The Labute approximate surface area is 147 Å². The summed E-state index contributed by atoms with van der Waals surface area (Å²) in [4.78, 5) is 38.9. The third-order valence-corrected chi connectivity index (χ3v) is 4.48. The minimum atomic E-state index is -0.895. The van der Waals surface area contributed by atoms with Crippen LogP contribution in [0.4, 0.5) is 4.79 Å². The molecule has 6 nitrogen and oxygen atoms in total. The summed E-state index contributed by atoms with van der Waals surface area (Å²) in [5.41, 5.74) is -0.667. The van der Waals surface area contributed by atoms with Gasteiger partial charge < -0.3 is 9.64 Å². The normalized spacial score (nSPS) is 20.3. The maximum atomic E-state index is 12.5. The number of halogens is 2. The highest BCUT2D eigenvalue weighted by Crippen LogP contribution is 2.23. The molecular formula is C14H22Br2N2O4. The smallest absolute Gasteiger partial charge is 0.331 e. The van der Waals surface area contributed by atoms with E-state index >= 15 is 0 Å². The standard InChI is InChI=1S/C14H22Br2N2O4/c1-14(2,3)22-12(20)10-8-17(4)13(21)18(10)11(19)9(16)6-5-7-15/h9-10H,5-8H2,1-4H3/t9?,10-/m0/s1. The van der Waals surface area contributed by atoms with Crippen molar-refractivity contribution in [3.63, 3.8) is 0 Å². The van der Waals surface area contributed by atoms with E-state index < -0.39 is 34.4 Å². The molecule has 1 fully saturated rings. The second-order valence-electron chi connectivity index (χ2n) is 6.22. The van der Waals surface area contributed by atoms with E-state index in [1.807, 2.05) is 0 Å². The molecule has 0 aromatic rings. The van der Waals surface area contributed by atoms with Crippen molar-refractivity contribution in [2.24, 2.45) is 0 Å². The average molecular weight is 442 g/mol. The maximum absolute atomic E-state index is 12.5. The molecule has 0 bridgehead atoms. The lowest BCUT2D eigenvalue weighted by Gasteiger charge is -2.26. The molecule has 0 saturated carbocycles. The van der Waals surface area contributed by atoms with Crippen molar-refractivity contribution in [2.75, 3.05) is 18.9 Å². The summed E-state index contributed by atoms with van der Waals surface area (Å²) in [5, 5.41) is 0.770. The summed E-state index contributed by atoms with van der Waals surface area (Å²) in [6.45, 7) is 5.40.